The molecule has 4 fully saturated rings. The van der Waals surface area contributed by atoms with Crippen molar-refractivity contribution in [1.82, 2.24) is 44.1 Å². The number of methoxy groups -OCH3 is 2. The van der Waals surface area contributed by atoms with Gasteiger partial charge in [0.2, 0.25) is 23.7 Å². The lowest BCUT2D eigenvalue weighted by molar-refractivity contribution is -0.539. The first-order valence-corrected chi connectivity index (χ1v) is 34.9. The van der Waals surface area contributed by atoms with Gasteiger partial charge in [-0.3, -0.25) is 15.0 Å². The number of anilines is 2. The summed E-state index contributed by atoms with van der Waals surface area (Å²) < 4.78 is 40.8. The zero-order valence-corrected chi connectivity index (χ0v) is 55.4. The third-order valence-electron chi connectivity index (χ3n) is 18.9. The predicted octanol–water partition coefficient (Wildman–Crippen LogP) is 11.9. The predicted molar refractivity (Wildman–Crippen MR) is 359 cm³/mol. The van der Waals surface area contributed by atoms with Crippen LogP contribution in [0.15, 0.2) is 101 Å². The molecule has 0 saturated heterocycles. The van der Waals surface area contributed by atoms with Gasteiger partial charge in [-0.25, -0.2) is 32.4 Å². The van der Waals surface area contributed by atoms with E-state index in [4.69, 9.17) is 29.8 Å². The zero-order valence-electron chi connectivity index (χ0n) is 54.5. The van der Waals surface area contributed by atoms with E-state index in [-0.39, 0.29) is 41.1 Å². The molecule has 9 heterocycles. The Kier molecular flexibility index (Phi) is 21.0. The summed E-state index contributed by atoms with van der Waals surface area (Å²) in [4.78, 5) is 26.9. The van der Waals surface area contributed by atoms with Gasteiger partial charge in [0.15, 0.2) is 15.7 Å². The Morgan fingerprint density at radius 3 is 1.71 bits per heavy atom. The van der Waals surface area contributed by atoms with Crippen molar-refractivity contribution in [2.75, 3.05) is 44.3 Å². The van der Waals surface area contributed by atoms with Crippen molar-refractivity contribution in [2.45, 2.75) is 191 Å². The van der Waals surface area contributed by atoms with Crippen molar-refractivity contribution in [2.24, 2.45) is 33.8 Å². The maximum absolute atomic E-state index is 12.1. The Hall–Kier alpha value is -7.17. The summed E-state index contributed by atoms with van der Waals surface area (Å²) in [5.74, 6) is 5.72. The molecule has 484 valence electrons. The van der Waals surface area contributed by atoms with E-state index in [1.807, 2.05) is 43.9 Å². The molecule has 2 aliphatic heterocycles. The van der Waals surface area contributed by atoms with Crippen LogP contribution in [0.25, 0.3) is 38.9 Å². The molecule has 91 heavy (non-hydrogen) atoms. The fraction of sp³-hybridized carbons (Fsp3) is 0.543. The summed E-state index contributed by atoms with van der Waals surface area (Å²) in [5, 5.41) is 41.2. The van der Waals surface area contributed by atoms with Crippen molar-refractivity contribution in [3.05, 3.63) is 114 Å². The van der Waals surface area contributed by atoms with Gasteiger partial charge in [-0.15, -0.1) is 10.2 Å². The number of nitrogens with zero attached hydrogens (tertiary/aromatic N) is 12. The molecule has 1 unspecified atom stereocenters. The van der Waals surface area contributed by atoms with Crippen molar-refractivity contribution in [1.29, 1.82) is 0 Å². The lowest BCUT2D eigenvalue weighted by Gasteiger charge is -2.25. The molecular weight excluding hydrogens is 1160 g/mol. The SMILES string of the molecule is COC[C@H](C)Nc1ncc2c(-c3ccnc(C)c3)cc(C3CCC(C)CC3)n2n1.COC[C@H](C)Nc1ncc2c(-c3cncc(S(C)(=O)=O)c3)cc(C3CCC(O)CC3)n2n1.Cc1cc(C2=CC(C3CCC(O)CC3)=[N+]3N=C(C[C@@H](C)CC4CC4)N=CC23)ccn1. The van der Waals surface area contributed by atoms with Gasteiger partial charge in [0.05, 0.1) is 60.0 Å². The number of aliphatic hydroxyl groups is 2. The molecule has 4 aliphatic carbocycles. The van der Waals surface area contributed by atoms with E-state index < -0.39 is 9.84 Å². The van der Waals surface area contributed by atoms with Crippen LogP contribution in [0.1, 0.15) is 171 Å². The van der Waals surface area contributed by atoms with Gasteiger partial charge >= 0.3 is 0 Å². The van der Waals surface area contributed by atoms with Crippen LogP contribution in [-0.4, -0.2) is 149 Å². The lowest BCUT2D eigenvalue weighted by Crippen LogP contribution is -2.33. The molecule has 4 N–H and O–H groups in total. The number of sulfone groups is 1. The van der Waals surface area contributed by atoms with Crippen LogP contribution in [0.5, 0.6) is 0 Å². The number of ether oxygens (including phenoxy) is 2. The monoisotopic (exact) mass is 1260 g/mol. The van der Waals surface area contributed by atoms with Gasteiger partial charge < -0.3 is 30.3 Å². The summed E-state index contributed by atoms with van der Waals surface area (Å²) in [6, 6.07) is 14.7. The fourth-order valence-electron chi connectivity index (χ4n) is 13.9. The second-order valence-corrected chi connectivity index (χ2v) is 28.9. The molecule has 0 amide bonds. The topological polar surface area (TPSA) is 244 Å². The molecular formula is C70H93N14O6S+. The quantitative estimate of drug-likeness (QED) is 0.0550. The number of allylic oxidation sites excluding steroid dienone is 1. The molecule has 4 saturated carbocycles. The van der Waals surface area contributed by atoms with Crippen LogP contribution >= 0.6 is 0 Å². The summed E-state index contributed by atoms with van der Waals surface area (Å²) in [5.41, 5.74) is 13.8. The van der Waals surface area contributed by atoms with E-state index in [9.17, 15) is 18.6 Å². The summed E-state index contributed by atoms with van der Waals surface area (Å²) in [6.45, 7) is 14.0. The summed E-state index contributed by atoms with van der Waals surface area (Å²) >= 11 is 0. The number of nitrogens with one attached hydrogen (secondary N) is 2. The second kappa shape index (κ2) is 29.2. The Morgan fingerprint density at radius 2 is 1.18 bits per heavy atom. The van der Waals surface area contributed by atoms with Gasteiger partial charge in [0.1, 0.15) is 0 Å². The fourth-order valence-corrected chi connectivity index (χ4v) is 14.5. The number of amidine groups is 1. The highest BCUT2D eigenvalue weighted by molar-refractivity contribution is 7.90. The maximum Gasteiger partial charge on any atom is 0.245 e. The highest BCUT2D eigenvalue weighted by Crippen LogP contribution is 2.42. The van der Waals surface area contributed by atoms with Crippen LogP contribution < -0.4 is 10.6 Å². The number of aryl methyl sites for hydroxylation is 2. The molecule has 21 heteroatoms. The minimum Gasteiger partial charge on any atom is -0.393 e. The minimum absolute atomic E-state index is 0.0383. The van der Waals surface area contributed by atoms with Gasteiger partial charge in [-0.05, 0) is 170 Å². The van der Waals surface area contributed by atoms with E-state index in [0.717, 1.165) is 109 Å². The number of hydrogen-bond acceptors (Lipinski definition) is 17. The first kappa shape index (κ1) is 65.3. The van der Waals surface area contributed by atoms with Gasteiger partial charge in [0.25, 0.3) is 0 Å². The molecule has 6 aliphatic rings. The van der Waals surface area contributed by atoms with E-state index in [2.05, 4.69) is 114 Å². The Balaban J connectivity index is 0.000000140. The average molecular weight is 1260 g/mol. The van der Waals surface area contributed by atoms with Crippen molar-refractivity contribution in [3.8, 4) is 22.3 Å². The average Bonchev–Trinajstić information content (AvgIpc) is 1.65. The van der Waals surface area contributed by atoms with E-state index in [0.29, 0.717) is 48.4 Å². The largest absolute Gasteiger partial charge is 0.393 e. The van der Waals surface area contributed by atoms with Gasteiger partial charge in [-0.2, -0.15) is 0 Å². The minimum atomic E-state index is -3.38. The number of aromatic nitrogens is 9. The smallest absolute Gasteiger partial charge is 0.245 e. The molecule has 4 atom stereocenters. The van der Waals surface area contributed by atoms with Crippen LogP contribution in [-0.2, 0) is 19.3 Å². The molecule has 0 bridgehead atoms. The van der Waals surface area contributed by atoms with E-state index >= 15 is 0 Å². The normalized spacial score (nSPS) is 23.5. The van der Waals surface area contributed by atoms with Crippen LogP contribution in [0.3, 0.4) is 0 Å². The number of aliphatic hydroxyl groups excluding tert-OH is 2. The highest BCUT2D eigenvalue weighted by Gasteiger charge is 2.42. The number of hydrazone groups is 1. The van der Waals surface area contributed by atoms with Crippen molar-refractivity contribution >= 4 is 56.1 Å². The first-order chi connectivity index (χ1) is 43.9. The van der Waals surface area contributed by atoms with Gasteiger partial charge in [0, 0.05) is 138 Å². The second-order valence-electron chi connectivity index (χ2n) is 26.8. The maximum atomic E-state index is 12.1. The lowest BCUT2D eigenvalue weighted by atomic mass is 9.81. The summed E-state index contributed by atoms with van der Waals surface area (Å²) in [7, 11) is -0.0271. The number of pyridine rings is 3. The Morgan fingerprint density at radius 1 is 0.648 bits per heavy atom. The Bertz CT molecular complexity index is 3910. The third kappa shape index (κ3) is 16.2. The molecule has 7 aromatic rings. The molecule has 13 rings (SSSR count). The van der Waals surface area contributed by atoms with E-state index in [1.165, 1.54) is 91.1 Å². The van der Waals surface area contributed by atoms with Crippen molar-refractivity contribution in [3.63, 3.8) is 0 Å². The molecule has 0 spiro atoms. The standard InChI is InChI=1S/C25H33N4O.C23H31N5O.C22H29N5O4S/c1-16(11-18-3-4-18)12-25-27-15-24-22(20-9-10-26-17(2)13-20)14-23(29(24)28-25)19-5-7-21(30)8-6-19;1-15-5-7-18(8-6-15)21-12-20(19-9-10-24-16(2)11-19)22-13-25-23(27-28(21)22)26-17(3)14-29-4;1-14(13-31-2)25-22-24-12-21-19(16-8-18(11-23-10-16)32(3,29)30)9-20(27(21)26-22)15-4-6-17(28)7-5-15/h9-10,13-16,18-19,21,24,30H,3-8,11-12H2,1-2H3;9-13,15,17-18H,5-8,14H2,1-4H3,(H,26,27);8-12,14-15,17,28H,4-7,13H2,1-3H3,(H,25,26)/q+1;;/t16-,19?,21?,24?;15?,17-,18?;14-,15?,17?/m000/s1. The van der Waals surface area contributed by atoms with Crippen molar-refractivity contribution < 1.29 is 32.8 Å². The van der Waals surface area contributed by atoms with Gasteiger partial charge in [-0.1, -0.05) is 44.2 Å². The Labute approximate surface area is 536 Å². The summed E-state index contributed by atoms with van der Waals surface area (Å²) in [6.07, 6.45) is 32.8. The van der Waals surface area contributed by atoms with Crippen LogP contribution in [0.4, 0.5) is 11.9 Å². The molecule has 20 nitrogen and oxygen atoms in total. The number of rotatable bonds is 19. The van der Waals surface area contributed by atoms with E-state index in [1.54, 1.807) is 32.7 Å². The first-order valence-electron chi connectivity index (χ1n) is 33.0. The highest BCUT2D eigenvalue weighted by atomic mass is 32.2. The number of fused-ring (bicyclic) bond motifs is 3. The van der Waals surface area contributed by atoms with Crippen LogP contribution in [0, 0.1) is 37.5 Å². The van der Waals surface area contributed by atoms with Crippen LogP contribution in [0.2, 0.25) is 0 Å². The molecule has 0 radical (unpaired) electrons. The molecule has 0 aromatic carbocycles. The number of aliphatic imine (C=N–C) groups is 1. The third-order valence-corrected chi connectivity index (χ3v) is 20.0. The zero-order chi connectivity index (χ0) is 63.9. The number of hydrogen-bond donors (Lipinski definition) is 4. The molecule has 7 aromatic heterocycles.